The average Bonchev–Trinajstić information content (AvgIpc) is 2.24. The number of nitrogens with one attached hydrogen (secondary N) is 1. The second-order valence-corrected chi connectivity index (χ2v) is 4.19. The van der Waals surface area contributed by atoms with Crippen LogP contribution in [0.2, 0.25) is 0 Å². The van der Waals surface area contributed by atoms with Crippen molar-refractivity contribution < 1.29 is 32.3 Å². The Hall–Kier alpha value is -1.60. The highest BCUT2D eigenvalue weighted by Crippen LogP contribution is 2.21. The first kappa shape index (κ1) is 16.4. The van der Waals surface area contributed by atoms with Crippen LogP contribution in [0.25, 0.3) is 0 Å². The van der Waals surface area contributed by atoms with E-state index in [-0.39, 0.29) is 0 Å². The fraction of sp³-hybridized carbons (Fsp3) is 0.700. The average molecular weight is 269 g/mol. The summed E-state index contributed by atoms with van der Waals surface area (Å²) in [7, 11) is 0. The van der Waals surface area contributed by atoms with Crippen molar-refractivity contribution in [2.45, 2.75) is 33.4 Å². The van der Waals surface area contributed by atoms with Gasteiger partial charge < -0.3 is 4.74 Å². The summed E-state index contributed by atoms with van der Waals surface area (Å²) in [5.41, 5.74) is -0.839. The molecule has 2 amide bonds. The zero-order valence-corrected chi connectivity index (χ0v) is 10.2. The van der Waals surface area contributed by atoms with Gasteiger partial charge in [0.1, 0.15) is 0 Å². The van der Waals surface area contributed by atoms with Gasteiger partial charge in [0.2, 0.25) is 0 Å². The van der Waals surface area contributed by atoms with E-state index in [1.807, 2.05) is 0 Å². The van der Waals surface area contributed by atoms with Crippen LogP contribution in [0.5, 0.6) is 0 Å². The van der Waals surface area contributed by atoms with Crippen LogP contribution in [0.3, 0.4) is 0 Å². The maximum Gasteiger partial charge on any atom is 0.471 e. The molecule has 0 aliphatic carbocycles. The van der Waals surface area contributed by atoms with Gasteiger partial charge in [0.15, 0.2) is 6.61 Å². The predicted octanol–water partition coefficient (Wildman–Crippen LogP) is 1.17. The third kappa shape index (κ3) is 5.15. The molecule has 0 atom stereocenters. The molecule has 0 saturated heterocycles. The lowest BCUT2D eigenvalue weighted by Gasteiger charge is -2.19. The standard InChI is InChI=1S/C10H14F3NO4/c1-4-9(2,3)8(17)18-5-6(15)14-7(16)10(11,12)13/h4-5H2,1-3H3,(H,14,15,16). The first-order chi connectivity index (χ1) is 8.00. The molecule has 0 aromatic carbocycles. The number of rotatable bonds is 4. The second-order valence-electron chi connectivity index (χ2n) is 4.19. The topological polar surface area (TPSA) is 72.5 Å². The molecule has 18 heavy (non-hydrogen) atoms. The maximum atomic E-state index is 11.8. The van der Waals surface area contributed by atoms with Crippen molar-refractivity contribution in [1.82, 2.24) is 5.32 Å². The summed E-state index contributed by atoms with van der Waals surface area (Å²) >= 11 is 0. The van der Waals surface area contributed by atoms with E-state index in [0.717, 1.165) is 5.32 Å². The molecular formula is C10H14F3NO4. The van der Waals surface area contributed by atoms with Crippen LogP contribution in [0.1, 0.15) is 27.2 Å². The van der Waals surface area contributed by atoms with Crippen molar-refractivity contribution in [2.75, 3.05) is 6.61 Å². The van der Waals surface area contributed by atoms with Gasteiger partial charge in [-0.1, -0.05) is 6.92 Å². The van der Waals surface area contributed by atoms with Crippen molar-refractivity contribution in [1.29, 1.82) is 0 Å². The minimum atomic E-state index is -5.15. The molecule has 0 aromatic heterocycles. The van der Waals surface area contributed by atoms with Crippen LogP contribution in [0.4, 0.5) is 13.2 Å². The molecule has 1 N–H and O–H groups in total. The van der Waals surface area contributed by atoms with Crippen LogP contribution in [0, 0.1) is 5.41 Å². The van der Waals surface area contributed by atoms with Gasteiger partial charge in [0.05, 0.1) is 5.41 Å². The molecule has 0 aliphatic rings. The van der Waals surface area contributed by atoms with E-state index in [1.165, 1.54) is 0 Å². The number of ether oxygens (including phenoxy) is 1. The molecule has 0 heterocycles. The second kappa shape index (κ2) is 5.83. The Morgan fingerprint density at radius 2 is 1.67 bits per heavy atom. The molecule has 0 unspecified atom stereocenters. The number of carbonyl (C=O) groups excluding carboxylic acids is 3. The molecule has 0 rings (SSSR count). The Morgan fingerprint density at radius 3 is 2.06 bits per heavy atom. The van der Waals surface area contributed by atoms with Crippen molar-refractivity contribution in [3.63, 3.8) is 0 Å². The molecule has 0 aliphatic heterocycles. The predicted molar refractivity (Wildman–Crippen MR) is 54.2 cm³/mol. The van der Waals surface area contributed by atoms with E-state index in [0.29, 0.717) is 6.42 Å². The van der Waals surface area contributed by atoms with Gasteiger partial charge in [0.25, 0.3) is 5.91 Å². The lowest BCUT2D eigenvalue weighted by Crippen LogP contribution is -2.43. The molecule has 8 heteroatoms. The van der Waals surface area contributed by atoms with Crippen LogP contribution >= 0.6 is 0 Å². The number of hydrogen-bond acceptors (Lipinski definition) is 4. The minimum Gasteiger partial charge on any atom is -0.455 e. The molecular weight excluding hydrogens is 255 g/mol. The summed E-state index contributed by atoms with van der Waals surface area (Å²) in [6.45, 7) is 3.92. The Balaban J connectivity index is 4.22. The monoisotopic (exact) mass is 269 g/mol. The molecule has 0 fully saturated rings. The maximum absolute atomic E-state index is 11.8. The number of amides is 2. The SMILES string of the molecule is CCC(C)(C)C(=O)OCC(=O)NC(=O)C(F)(F)F. The van der Waals surface area contributed by atoms with Gasteiger partial charge in [-0.3, -0.25) is 19.7 Å². The number of carbonyl (C=O) groups is 3. The Kier molecular flexibility index (Phi) is 5.31. The third-order valence-electron chi connectivity index (χ3n) is 2.28. The van der Waals surface area contributed by atoms with Crippen LogP contribution in [-0.2, 0) is 19.1 Å². The molecule has 104 valence electrons. The number of halogens is 3. The number of alkyl halides is 3. The van der Waals surface area contributed by atoms with E-state index >= 15 is 0 Å². The number of hydrogen-bond donors (Lipinski definition) is 1. The summed E-state index contributed by atoms with van der Waals surface area (Å²) in [4.78, 5) is 32.7. The Labute approximate surface area is 102 Å². The third-order valence-corrected chi connectivity index (χ3v) is 2.28. The number of imide groups is 1. The Morgan fingerprint density at radius 1 is 1.17 bits per heavy atom. The highest BCUT2D eigenvalue weighted by Gasteiger charge is 2.40. The highest BCUT2D eigenvalue weighted by molar-refractivity contribution is 5.98. The highest BCUT2D eigenvalue weighted by atomic mass is 19.4. The van der Waals surface area contributed by atoms with Gasteiger partial charge in [-0.15, -0.1) is 0 Å². The first-order valence-electron chi connectivity index (χ1n) is 5.09. The largest absolute Gasteiger partial charge is 0.471 e. The lowest BCUT2D eigenvalue weighted by atomic mass is 9.91. The first-order valence-corrected chi connectivity index (χ1v) is 5.09. The summed E-state index contributed by atoms with van der Waals surface area (Å²) < 4.78 is 39.8. The normalized spacial score (nSPS) is 11.9. The van der Waals surface area contributed by atoms with Crippen molar-refractivity contribution >= 4 is 17.8 Å². The zero-order valence-electron chi connectivity index (χ0n) is 10.2. The molecule has 5 nitrogen and oxygen atoms in total. The van der Waals surface area contributed by atoms with Crippen LogP contribution in [0.15, 0.2) is 0 Å². The van der Waals surface area contributed by atoms with Gasteiger partial charge in [-0.25, -0.2) is 0 Å². The van der Waals surface area contributed by atoms with Crippen molar-refractivity contribution in [3.8, 4) is 0 Å². The lowest BCUT2D eigenvalue weighted by molar-refractivity contribution is -0.176. The summed E-state index contributed by atoms with van der Waals surface area (Å²) in [5, 5.41) is 1.06. The summed E-state index contributed by atoms with van der Waals surface area (Å²) in [5.74, 6) is -4.43. The summed E-state index contributed by atoms with van der Waals surface area (Å²) in [6, 6.07) is 0. The van der Waals surface area contributed by atoms with Crippen LogP contribution < -0.4 is 5.32 Å². The Bertz CT molecular complexity index is 350. The van der Waals surface area contributed by atoms with E-state index in [9.17, 15) is 27.6 Å². The van der Waals surface area contributed by atoms with E-state index in [1.54, 1.807) is 20.8 Å². The molecule has 0 spiro atoms. The zero-order chi connectivity index (χ0) is 14.6. The van der Waals surface area contributed by atoms with Gasteiger partial charge in [-0.2, -0.15) is 13.2 Å². The quantitative estimate of drug-likeness (QED) is 0.777. The molecule has 0 aromatic rings. The van der Waals surface area contributed by atoms with Gasteiger partial charge in [-0.05, 0) is 20.3 Å². The van der Waals surface area contributed by atoms with Crippen molar-refractivity contribution in [3.05, 3.63) is 0 Å². The van der Waals surface area contributed by atoms with Crippen LogP contribution in [-0.4, -0.2) is 30.6 Å². The van der Waals surface area contributed by atoms with Gasteiger partial charge >= 0.3 is 18.1 Å². The minimum absolute atomic E-state index is 0.439. The molecule has 0 bridgehead atoms. The van der Waals surface area contributed by atoms with E-state index < -0.39 is 36.0 Å². The molecule has 0 saturated carbocycles. The van der Waals surface area contributed by atoms with E-state index in [2.05, 4.69) is 4.74 Å². The summed E-state index contributed by atoms with van der Waals surface area (Å²) in [6.07, 6.45) is -4.71. The fourth-order valence-electron chi connectivity index (χ4n) is 0.704. The smallest absolute Gasteiger partial charge is 0.455 e. The van der Waals surface area contributed by atoms with Crippen molar-refractivity contribution in [2.24, 2.45) is 5.41 Å². The van der Waals surface area contributed by atoms with Gasteiger partial charge in [0, 0.05) is 0 Å². The van der Waals surface area contributed by atoms with E-state index in [4.69, 9.17) is 0 Å². The number of esters is 1. The fourth-order valence-corrected chi connectivity index (χ4v) is 0.704. The molecule has 0 radical (unpaired) electrons.